The summed E-state index contributed by atoms with van der Waals surface area (Å²) in [5.41, 5.74) is 1.88. The molecule has 0 aliphatic carbocycles. The van der Waals surface area contributed by atoms with Crippen LogP contribution in [-0.2, 0) is 6.54 Å². The summed E-state index contributed by atoms with van der Waals surface area (Å²) in [5, 5.41) is 4.49. The molecule has 0 saturated carbocycles. The van der Waals surface area contributed by atoms with Crippen LogP contribution >= 0.6 is 11.3 Å². The Bertz CT molecular complexity index is 963. The minimum atomic E-state index is 0.547. The van der Waals surface area contributed by atoms with Crippen molar-refractivity contribution >= 4 is 22.3 Å². The molecule has 1 fully saturated rings. The number of H-pyrrole nitrogens is 1. The van der Waals surface area contributed by atoms with Crippen molar-refractivity contribution in [2.45, 2.75) is 25.3 Å². The highest BCUT2D eigenvalue weighted by Crippen LogP contribution is 2.34. The fourth-order valence-electron chi connectivity index (χ4n) is 3.63. The summed E-state index contributed by atoms with van der Waals surface area (Å²) in [6.45, 7) is 3.08. The second-order valence-electron chi connectivity index (χ2n) is 6.81. The minimum Gasteiger partial charge on any atom is -0.454 e. The molecule has 0 radical (unpaired) electrons. The SMILES string of the molecule is c1ccc2oc(-c3csc(C4CCN(Cc5ncc[nH]5)CC4)n3)cc2c1. The molecule has 0 unspecified atom stereocenters. The first-order valence-electron chi connectivity index (χ1n) is 9.00. The number of imidazole rings is 1. The Balaban J connectivity index is 1.27. The van der Waals surface area contributed by atoms with Gasteiger partial charge in [-0.3, -0.25) is 4.90 Å². The van der Waals surface area contributed by atoms with E-state index in [4.69, 9.17) is 9.40 Å². The molecule has 1 aliphatic rings. The zero-order chi connectivity index (χ0) is 17.3. The van der Waals surface area contributed by atoms with E-state index in [2.05, 4.69) is 32.4 Å². The number of nitrogens with one attached hydrogen (secondary N) is 1. The van der Waals surface area contributed by atoms with Gasteiger partial charge in [0.2, 0.25) is 0 Å². The van der Waals surface area contributed by atoms with Gasteiger partial charge >= 0.3 is 0 Å². The van der Waals surface area contributed by atoms with E-state index in [1.54, 1.807) is 11.3 Å². The maximum atomic E-state index is 5.96. The van der Waals surface area contributed by atoms with Crippen LogP contribution in [0.2, 0.25) is 0 Å². The van der Waals surface area contributed by atoms with Crippen molar-refractivity contribution < 1.29 is 4.42 Å². The first-order chi connectivity index (χ1) is 12.8. The highest BCUT2D eigenvalue weighted by molar-refractivity contribution is 7.10. The molecule has 3 aromatic heterocycles. The van der Waals surface area contributed by atoms with Crippen LogP contribution in [0.5, 0.6) is 0 Å². The van der Waals surface area contributed by atoms with Gasteiger partial charge in [0, 0.05) is 29.1 Å². The summed E-state index contributed by atoms with van der Waals surface area (Å²) in [4.78, 5) is 14.9. The first-order valence-corrected chi connectivity index (χ1v) is 9.88. The van der Waals surface area contributed by atoms with Crippen LogP contribution in [0.25, 0.3) is 22.4 Å². The van der Waals surface area contributed by atoms with Crippen molar-refractivity contribution in [1.29, 1.82) is 0 Å². The van der Waals surface area contributed by atoms with Gasteiger partial charge in [-0.2, -0.15) is 0 Å². The van der Waals surface area contributed by atoms with E-state index in [1.165, 1.54) is 5.01 Å². The van der Waals surface area contributed by atoms with E-state index < -0.39 is 0 Å². The molecule has 5 nitrogen and oxygen atoms in total. The highest BCUT2D eigenvalue weighted by atomic mass is 32.1. The van der Waals surface area contributed by atoms with E-state index in [0.29, 0.717) is 5.92 Å². The van der Waals surface area contributed by atoms with Gasteiger partial charge in [0.25, 0.3) is 0 Å². The number of nitrogens with zero attached hydrogens (tertiary/aromatic N) is 3. The number of hydrogen-bond donors (Lipinski definition) is 1. The topological polar surface area (TPSA) is 58.0 Å². The molecule has 1 aromatic carbocycles. The summed E-state index contributed by atoms with van der Waals surface area (Å²) >= 11 is 1.76. The van der Waals surface area contributed by atoms with Gasteiger partial charge in [0.1, 0.15) is 17.1 Å². The molecule has 0 bridgehead atoms. The number of likely N-dealkylation sites (tertiary alicyclic amines) is 1. The summed E-state index contributed by atoms with van der Waals surface area (Å²) < 4.78 is 5.96. The van der Waals surface area contributed by atoms with E-state index in [-0.39, 0.29) is 0 Å². The number of piperidine rings is 1. The van der Waals surface area contributed by atoms with Crippen molar-refractivity contribution in [2.75, 3.05) is 13.1 Å². The van der Waals surface area contributed by atoms with Crippen molar-refractivity contribution in [3.05, 3.63) is 58.9 Å². The van der Waals surface area contributed by atoms with E-state index in [1.807, 2.05) is 30.6 Å². The molecule has 1 N–H and O–H groups in total. The second kappa shape index (κ2) is 6.70. The fraction of sp³-hybridized carbons (Fsp3) is 0.300. The molecule has 4 heterocycles. The summed E-state index contributed by atoms with van der Waals surface area (Å²) in [5.74, 6) is 2.46. The maximum Gasteiger partial charge on any atom is 0.154 e. The Hall–Kier alpha value is -2.44. The molecule has 1 aliphatic heterocycles. The third kappa shape index (κ3) is 3.06. The van der Waals surface area contributed by atoms with E-state index >= 15 is 0 Å². The third-order valence-corrected chi connectivity index (χ3v) is 6.07. The average Bonchev–Trinajstić information content (AvgIpc) is 3.42. The second-order valence-corrected chi connectivity index (χ2v) is 7.70. The quantitative estimate of drug-likeness (QED) is 0.572. The number of benzene rings is 1. The van der Waals surface area contributed by atoms with Crippen molar-refractivity contribution in [2.24, 2.45) is 0 Å². The molecular formula is C20H20N4OS. The normalized spacial score (nSPS) is 16.5. The zero-order valence-corrected chi connectivity index (χ0v) is 15.2. The molecule has 0 atom stereocenters. The predicted molar refractivity (Wildman–Crippen MR) is 103 cm³/mol. The van der Waals surface area contributed by atoms with Crippen LogP contribution in [0, 0.1) is 0 Å². The molecule has 0 spiro atoms. The standard InChI is InChI=1S/C20H20N4OS/c1-2-4-17-15(3-1)11-18(25-17)16-13-26-20(23-16)14-5-9-24(10-6-14)12-19-21-7-8-22-19/h1-4,7-8,11,13-14H,5-6,9-10,12H2,(H,21,22). The summed E-state index contributed by atoms with van der Waals surface area (Å²) in [6.07, 6.45) is 6.00. The number of furan rings is 1. The van der Waals surface area contributed by atoms with Crippen LogP contribution in [0.4, 0.5) is 0 Å². The molecular weight excluding hydrogens is 344 g/mol. The lowest BCUT2D eigenvalue weighted by Crippen LogP contribution is -2.32. The van der Waals surface area contributed by atoms with Crippen molar-refractivity contribution in [1.82, 2.24) is 19.9 Å². The van der Waals surface area contributed by atoms with Gasteiger partial charge in [-0.05, 0) is 38.1 Å². The molecule has 132 valence electrons. The van der Waals surface area contributed by atoms with Gasteiger partial charge in [0.05, 0.1) is 11.6 Å². The first kappa shape index (κ1) is 15.8. The number of thiazole rings is 1. The lowest BCUT2D eigenvalue weighted by molar-refractivity contribution is 0.200. The van der Waals surface area contributed by atoms with Crippen LogP contribution in [-0.4, -0.2) is 32.9 Å². The molecule has 1 saturated heterocycles. The number of aromatic nitrogens is 3. The van der Waals surface area contributed by atoms with Gasteiger partial charge < -0.3 is 9.40 Å². The van der Waals surface area contributed by atoms with E-state index in [9.17, 15) is 0 Å². The van der Waals surface area contributed by atoms with Gasteiger partial charge in [-0.15, -0.1) is 11.3 Å². The smallest absolute Gasteiger partial charge is 0.154 e. The summed E-state index contributed by atoms with van der Waals surface area (Å²) in [7, 11) is 0. The zero-order valence-electron chi connectivity index (χ0n) is 14.4. The Morgan fingerprint density at radius 1 is 1.23 bits per heavy atom. The average molecular weight is 364 g/mol. The van der Waals surface area contributed by atoms with E-state index in [0.717, 1.165) is 60.7 Å². The van der Waals surface area contributed by atoms with Crippen molar-refractivity contribution in [3.63, 3.8) is 0 Å². The number of aromatic amines is 1. The molecule has 26 heavy (non-hydrogen) atoms. The largest absolute Gasteiger partial charge is 0.454 e. The fourth-order valence-corrected chi connectivity index (χ4v) is 4.61. The van der Waals surface area contributed by atoms with Gasteiger partial charge in [-0.25, -0.2) is 9.97 Å². The third-order valence-electron chi connectivity index (χ3n) is 5.06. The van der Waals surface area contributed by atoms with Crippen LogP contribution in [0.1, 0.15) is 29.6 Å². The molecule has 5 rings (SSSR count). The molecule has 0 amide bonds. The van der Waals surface area contributed by atoms with Crippen LogP contribution in [0.15, 0.2) is 52.5 Å². The predicted octanol–water partition coefficient (Wildman–Crippen LogP) is 4.66. The number of fused-ring (bicyclic) bond motifs is 1. The van der Waals surface area contributed by atoms with Gasteiger partial charge in [-0.1, -0.05) is 18.2 Å². The molecule has 4 aromatic rings. The maximum absolute atomic E-state index is 5.96. The lowest BCUT2D eigenvalue weighted by Gasteiger charge is -2.30. The van der Waals surface area contributed by atoms with Crippen LogP contribution in [0.3, 0.4) is 0 Å². The van der Waals surface area contributed by atoms with Crippen molar-refractivity contribution in [3.8, 4) is 11.5 Å². The van der Waals surface area contributed by atoms with Gasteiger partial charge in [0.15, 0.2) is 5.76 Å². The Labute approximate surface area is 155 Å². The molecule has 6 heteroatoms. The lowest BCUT2D eigenvalue weighted by atomic mass is 9.97. The number of para-hydroxylation sites is 1. The highest BCUT2D eigenvalue weighted by Gasteiger charge is 2.24. The monoisotopic (exact) mass is 364 g/mol. The Morgan fingerprint density at radius 3 is 2.92 bits per heavy atom. The number of rotatable bonds is 4. The number of hydrogen-bond acceptors (Lipinski definition) is 5. The Morgan fingerprint density at radius 2 is 2.12 bits per heavy atom. The minimum absolute atomic E-state index is 0.547. The summed E-state index contributed by atoms with van der Waals surface area (Å²) in [6, 6.07) is 10.2. The van der Waals surface area contributed by atoms with Crippen LogP contribution < -0.4 is 0 Å². The Kier molecular flexibility index (Phi) is 4.07.